The lowest BCUT2D eigenvalue weighted by atomic mass is 10.2. The number of alkyl halides is 3. The van der Waals surface area contributed by atoms with Gasteiger partial charge in [0.25, 0.3) is 0 Å². The van der Waals surface area contributed by atoms with Gasteiger partial charge in [-0.2, -0.15) is 13.2 Å². The monoisotopic (exact) mass is 209 g/mol. The molecule has 0 aromatic rings. The molecule has 1 aliphatic carbocycles. The molecule has 14 heavy (non-hydrogen) atoms. The lowest BCUT2D eigenvalue weighted by Crippen LogP contribution is -2.38. The summed E-state index contributed by atoms with van der Waals surface area (Å²) in [5.41, 5.74) is 0. The SMILES string of the molecule is CCN(CC(=O)C1CC1)CC(F)(F)F. The van der Waals surface area contributed by atoms with Gasteiger partial charge < -0.3 is 0 Å². The Balaban J connectivity index is 2.34. The smallest absolute Gasteiger partial charge is 0.298 e. The maximum Gasteiger partial charge on any atom is 0.401 e. The Morgan fingerprint density at radius 1 is 1.43 bits per heavy atom. The van der Waals surface area contributed by atoms with Gasteiger partial charge in [0.2, 0.25) is 0 Å². The molecule has 0 heterocycles. The molecule has 0 bridgehead atoms. The van der Waals surface area contributed by atoms with Crippen LogP contribution in [0.1, 0.15) is 19.8 Å². The molecule has 0 atom stereocenters. The number of hydrogen-bond acceptors (Lipinski definition) is 2. The average Bonchev–Trinajstić information content (AvgIpc) is 2.82. The van der Waals surface area contributed by atoms with Crippen LogP contribution >= 0.6 is 0 Å². The van der Waals surface area contributed by atoms with Crippen molar-refractivity contribution in [1.82, 2.24) is 4.90 Å². The lowest BCUT2D eigenvalue weighted by molar-refractivity contribution is -0.148. The minimum Gasteiger partial charge on any atom is -0.298 e. The molecule has 1 rings (SSSR count). The fraction of sp³-hybridized carbons (Fsp3) is 0.889. The number of rotatable bonds is 5. The summed E-state index contributed by atoms with van der Waals surface area (Å²) in [6.45, 7) is 0.854. The number of carbonyl (C=O) groups excluding carboxylic acids is 1. The predicted molar refractivity (Wildman–Crippen MR) is 45.9 cm³/mol. The van der Waals surface area contributed by atoms with Crippen LogP contribution in [0, 0.1) is 5.92 Å². The van der Waals surface area contributed by atoms with Crippen LogP contribution in [0.3, 0.4) is 0 Å². The average molecular weight is 209 g/mol. The van der Waals surface area contributed by atoms with Crippen LogP contribution in [0.25, 0.3) is 0 Å². The zero-order valence-corrected chi connectivity index (χ0v) is 8.10. The van der Waals surface area contributed by atoms with Crippen LogP contribution in [-0.2, 0) is 4.79 Å². The van der Waals surface area contributed by atoms with Crippen molar-refractivity contribution in [3.8, 4) is 0 Å². The van der Waals surface area contributed by atoms with Gasteiger partial charge in [-0.1, -0.05) is 6.92 Å². The highest BCUT2D eigenvalue weighted by Gasteiger charge is 2.34. The Kier molecular flexibility index (Phi) is 3.53. The number of halogens is 3. The molecule has 2 nitrogen and oxygen atoms in total. The van der Waals surface area contributed by atoms with Gasteiger partial charge in [-0.25, -0.2) is 0 Å². The summed E-state index contributed by atoms with van der Waals surface area (Å²) in [5.74, 6) is -0.00613. The maximum atomic E-state index is 12.0. The molecule has 0 aromatic heterocycles. The summed E-state index contributed by atoms with van der Waals surface area (Å²) >= 11 is 0. The number of ketones is 1. The Labute approximate surface area is 81.1 Å². The molecule has 0 N–H and O–H groups in total. The number of nitrogens with zero attached hydrogens (tertiary/aromatic N) is 1. The summed E-state index contributed by atoms with van der Waals surface area (Å²) in [5, 5.41) is 0. The Morgan fingerprint density at radius 3 is 2.36 bits per heavy atom. The molecular weight excluding hydrogens is 195 g/mol. The van der Waals surface area contributed by atoms with E-state index in [9.17, 15) is 18.0 Å². The molecule has 0 aliphatic heterocycles. The molecule has 1 saturated carbocycles. The Bertz CT molecular complexity index is 211. The zero-order valence-electron chi connectivity index (χ0n) is 8.10. The second-order valence-corrected chi connectivity index (χ2v) is 3.66. The molecule has 1 aliphatic rings. The Morgan fingerprint density at radius 2 is 2.00 bits per heavy atom. The van der Waals surface area contributed by atoms with Gasteiger partial charge in [0.15, 0.2) is 0 Å². The first kappa shape index (κ1) is 11.5. The normalized spacial score (nSPS) is 17.5. The highest BCUT2D eigenvalue weighted by atomic mass is 19.4. The first-order valence-corrected chi connectivity index (χ1v) is 4.74. The number of carbonyl (C=O) groups is 1. The van der Waals surface area contributed by atoms with E-state index in [1.807, 2.05) is 0 Å². The van der Waals surface area contributed by atoms with E-state index in [4.69, 9.17) is 0 Å². The van der Waals surface area contributed by atoms with Crippen LogP contribution in [0.15, 0.2) is 0 Å². The highest BCUT2D eigenvalue weighted by Crippen LogP contribution is 2.30. The van der Waals surface area contributed by atoms with Crippen molar-refractivity contribution in [2.75, 3.05) is 19.6 Å². The molecule has 0 saturated heterocycles. The molecule has 5 heteroatoms. The number of Topliss-reactive ketones (excluding diaryl/α,β-unsaturated/α-hetero) is 1. The quantitative estimate of drug-likeness (QED) is 0.688. The first-order chi connectivity index (χ1) is 6.42. The van der Waals surface area contributed by atoms with E-state index in [-0.39, 0.29) is 24.8 Å². The van der Waals surface area contributed by atoms with Crippen molar-refractivity contribution < 1.29 is 18.0 Å². The topological polar surface area (TPSA) is 20.3 Å². The van der Waals surface area contributed by atoms with E-state index in [1.54, 1.807) is 6.92 Å². The second-order valence-electron chi connectivity index (χ2n) is 3.66. The lowest BCUT2D eigenvalue weighted by Gasteiger charge is -2.20. The summed E-state index contributed by atoms with van der Waals surface area (Å²) in [6, 6.07) is 0. The van der Waals surface area contributed by atoms with Crippen LogP contribution in [0.5, 0.6) is 0 Å². The molecule has 82 valence electrons. The van der Waals surface area contributed by atoms with Gasteiger partial charge in [-0.15, -0.1) is 0 Å². The van der Waals surface area contributed by atoms with Crippen molar-refractivity contribution in [2.45, 2.75) is 25.9 Å². The molecule has 0 aromatic carbocycles. The molecular formula is C9H14F3NO. The van der Waals surface area contributed by atoms with Gasteiger partial charge in [0.1, 0.15) is 5.78 Å². The van der Waals surface area contributed by atoms with Crippen molar-refractivity contribution in [2.24, 2.45) is 5.92 Å². The zero-order chi connectivity index (χ0) is 10.8. The molecule has 0 unspecified atom stereocenters. The third kappa shape index (κ3) is 4.09. The summed E-state index contributed by atoms with van der Waals surface area (Å²) in [7, 11) is 0. The fourth-order valence-electron chi connectivity index (χ4n) is 1.29. The van der Waals surface area contributed by atoms with E-state index >= 15 is 0 Å². The largest absolute Gasteiger partial charge is 0.401 e. The van der Waals surface area contributed by atoms with Crippen LogP contribution in [0.2, 0.25) is 0 Å². The highest BCUT2D eigenvalue weighted by molar-refractivity contribution is 5.84. The molecule has 0 spiro atoms. The predicted octanol–water partition coefficient (Wildman–Crippen LogP) is 1.85. The fourth-order valence-corrected chi connectivity index (χ4v) is 1.29. The van der Waals surface area contributed by atoms with Crippen molar-refractivity contribution in [3.63, 3.8) is 0 Å². The molecule has 0 amide bonds. The van der Waals surface area contributed by atoms with Crippen molar-refractivity contribution in [1.29, 1.82) is 0 Å². The van der Waals surface area contributed by atoms with Crippen LogP contribution in [0.4, 0.5) is 13.2 Å². The van der Waals surface area contributed by atoms with Gasteiger partial charge in [-0.3, -0.25) is 9.69 Å². The Hall–Kier alpha value is -0.580. The van der Waals surface area contributed by atoms with Gasteiger partial charge in [0.05, 0.1) is 13.1 Å². The van der Waals surface area contributed by atoms with E-state index in [1.165, 1.54) is 0 Å². The van der Waals surface area contributed by atoms with Gasteiger partial charge in [-0.05, 0) is 19.4 Å². The molecule has 0 radical (unpaired) electrons. The van der Waals surface area contributed by atoms with E-state index < -0.39 is 12.7 Å². The van der Waals surface area contributed by atoms with E-state index in [2.05, 4.69) is 0 Å². The summed E-state index contributed by atoms with van der Waals surface area (Å²) in [6.07, 6.45) is -2.51. The molecule has 1 fully saturated rings. The van der Waals surface area contributed by atoms with Gasteiger partial charge >= 0.3 is 6.18 Å². The van der Waals surface area contributed by atoms with Crippen LogP contribution < -0.4 is 0 Å². The van der Waals surface area contributed by atoms with Crippen molar-refractivity contribution >= 4 is 5.78 Å². The minimum absolute atomic E-state index is 0.0392. The number of likely N-dealkylation sites (N-methyl/N-ethyl adjacent to an activating group) is 1. The third-order valence-corrected chi connectivity index (χ3v) is 2.26. The van der Waals surface area contributed by atoms with Gasteiger partial charge in [0, 0.05) is 5.92 Å². The van der Waals surface area contributed by atoms with Crippen LogP contribution in [-0.4, -0.2) is 36.5 Å². The third-order valence-electron chi connectivity index (χ3n) is 2.26. The summed E-state index contributed by atoms with van der Waals surface area (Å²) < 4.78 is 36.0. The summed E-state index contributed by atoms with van der Waals surface area (Å²) in [4.78, 5) is 12.4. The maximum absolute atomic E-state index is 12.0. The number of hydrogen-bond donors (Lipinski definition) is 0. The standard InChI is InChI=1S/C9H14F3NO/c1-2-13(6-9(10,11)12)5-8(14)7-3-4-7/h7H,2-6H2,1H3. The van der Waals surface area contributed by atoms with Crippen molar-refractivity contribution in [3.05, 3.63) is 0 Å². The minimum atomic E-state index is -4.21. The first-order valence-electron chi connectivity index (χ1n) is 4.74. The second kappa shape index (κ2) is 4.29. The van der Waals surface area contributed by atoms with E-state index in [0.29, 0.717) is 0 Å². The van der Waals surface area contributed by atoms with E-state index in [0.717, 1.165) is 17.7 Å².